The molecule has 0 atom stereocenters. The van der Waals surface area contributed by atoms with Crippen molar-refractivity contribution in [3.8, 4) is 5.75 Å². The number of rotatable bonds is 9. The molecule has 1 aromatic carbocycles. The zero-order valence-corrected chi connectivity index (χ0v) is 12.0. The van der Waals surface area contributed by atoms with Crippen LogP contribution in [0, 0.1) is 11.6 Å². The number of unbranched alkanes of at least 4 members (excludes halogenated alkanes) is 6. The van der Waals surface area contributed by atoms with Crippen molar-refractivity contribution < 1.29 is 18.3 Å². The van der Waals surface area contributed by atoms with E-state index >= 15 is 0 Å². The maximum atomic E-state index is 13.3. The number of carbonyl (C=O) groups excluding carboxylic acids is 1. The number of hydrogen-bond donors (Lipinski definition) is 0. The predicted molar refractivity (Wildman–Crippen MR) is 74.6 cm³/mol. The standard InChI is InChI=1S/C16H22F2O2/c1-2-3-4-5-6-7-8-9-16(19)20-15-11-10-13(17)12-14(15)18/h10-12H,2-9H2,1H3. The minimum atomic E-state index is -0.849. The first-order chi connectivity index (χ1) is 9.63. The molecule has 0 spiro atoms. The first kappa shape index (κ1) is 16.6. The Bertz CT molecular complexity index is 419. The van der Waals surface area contributed by atoms with Crippen LogP contribution >= 0.6 is 0 Å². The van der Waals surface area contributed by atoms with Crippen molar-refractivity contribution in [1.82, 2.24) is 0 Å². The van der Waals surface area contributed by atoms with Crippen molar-refractivity contribution >= 4 is 5.97 Å². The highest BCUT2D eigenvalue weighted by Gasteiger charge is 2.10. The second-order valence-electron chi connectivity index (χ2n) is 4.92. The second-order valence-corrected chi connectivity index (χ2v) is 4.92. The minimum Gasteiger partial charge on any atom is -0.423 e. The van der Waals surface area contributed by atoms with Crippen LogP contribution in [0.25, 0.3) is 0 Å². The average molecular weight is 284 g/mol. The minimum absolute atomic E-state index is 0.209. The highest BCUT2D eigenvalue weighted by molar-refractivity contribution is 5.72. The van der Waals surface area contributed by atoms with E-state index in [9.17, 15) is 13.6 Å². The SMILES string of the molecule is CCCCCCCCCC(=O)Oc1ccc(F)cc1F. The van der Waals surface area contributed by atoms with Gasteiger partial charge in [0.15, 0.2) is 11.6 Å². The summed E-state index contributed by atoms with van der Waals surface area (Å²) >= 11 is 0. The molecule has 1 aromatic rings. The molecule has 0 unspecified atom stereocenters. The van der Waals surface area contributed by atoms with Crippen LogP contribution < -0.4 is 4.74 Å². The molecule has 1 rings (SSSR count). The molecule has 0 fully saturated rings. The third kappa shape index (κ3) is 6.64. The summed E-state index contributed by atoms with van der Waals surface area (Å²) in [5, 5.41) is 0. The van der Waals surface area contributed by atoms with E-state index < -0.39 is 17.6 Å². The van der Waals surface area contributed by atoms with Crippen LogP contribution in [0.15, 0.2) is 18.2 Å². The van der Waals surface area contributed by atoms with Gasteiger partial charge < -0.3 is 4.74 Å². The van der Waals surface area contributed by atoms with E-state index in [2.05, 4.69) is 6.92 Å². The first-order valence-corrected chi connectivity index (χ1v) is 7.29. The van der Waals surface area contributed by atoms with Gasteiger partial charge in [0, 0.05) is 12.5 Å². The molecule has 0 saturated heterocycles. The Hall–Kier alpha value is -1.45. The summed E-state index contributed by atoms with van der Waals surface area (Å²) in [6.45, 7) is 2.17. The highest BCUT2D eigenvalue weighted by Crippen LogP contribution is 2.18. The Balaban J connectivity index is 2.17. The molecular weight excluding hydrogens is 262 g/mol. The van der Waals surface area contributed by atoms with Crippen LogP contribution in [0.2, 0.25) is 0 Å². The molecule has 0 aromatic heterocycles. The van der Waals surface area contributed by atoms with E-state index in [1.807, 2.05) is 0 Å². The molecule has 0 bridgehead atoms. The van der Waals surface area contributed by atoms with E-state index in [0.29, 0.717) is 6.07 Å². The number of esters is 1. The quantitative estimate of drug-likeness (QED) is 0.362. The van der Waals surface area contributed by atoms with Crippen molar-refractivity contribution in [2.45, 2.75) is 58.3 Å². The van der Waals surface area contributed by atoms with Crippen LogP contribution in [0.4, 0.5) is 8.78 Å². The lowest BCUT2D eigenvalue weighted by Crippen LogP contribution is -2.08. The van der Waals surface area contributed by atoms with Gasteiger partial charge in [-0.3, -0.25) is 4.79 Å². The van der Waals surface area contributed by atoms with Gasteiger partial charge in [-0.05, 0) is 18.6 Å². The van der Waals surface area contributed by atoms with Crippen LogP contribution in [-0.4, -0.2) is 5.97 Å². The number of hydrogen-bond acceptors (Lipinski definition) is 2. The molecule has 0 saturated carbocycles. The average Bonchev–Trinajstić information content (AvgIpc) is 2.41. The van der Waals surface area contributed by atoms with Crippen molar-refractivity contribution in [1.29, 1.82) is 0 Å². The van der Waals surface area contributed by atoms with E-state index in [-0.39, 0.29) is 12.2 Å². The Morgan fingerprint density at radius 2 is 1.70 bits per heavy atom. The molecule has 0 N–H and O–H groups in total. The maximum absolute atomic E-state index is 13.3. The second kappa shape index (κ2) is 9.45. The summed E-state index contributed by atoms with van der Waals surface area (Å²) in [4.78, 5) is 11.5. The Morgan fingerprint density at radius 1 is 1.05 bits per heavy atom. The number of carbonyl (C=O) groups is 1. The molecule has 2 nitrogen and oxygen atoms in total. The number of ether oxygens (including phenoxy) is 1. The molecule has 0 aliphatic carbocycles. The molecule has 0 radical (unpaired) electrons. The molecule has 20 heavy (non-hydrogen) atoms. The Morgan fingerprint density at radius 3 is 2.35 bits per heavy atom. The lowest BCUT2D eigenvalue weighted by molar-refractivity contribution is -0.134. The summed E-state index contributed by atoms with van der Waals surface area (Å²) in [7, 11) is 0. The zero-order valence-electron chi connectivity index (χ0n) is 12.0. The van der Waals surface area contributed by atoms with E-state index in [4.69, 9.17) is 4.74 Å². The fraction of sp³-hybridized carbons (Fsp3) is 0.562. The summed E-state index contributed by atoms with van der Waals surface area (Å²) in [5.74, 6) is -2.21. The molecule has 0 aliphatic heterocycles. The fourth-order valence-corrected chi connectivity index (χ4v) is 1.96. The molecule has 0 amide bonds. The van der Waals surface area contributed by atoms with Gasteiger partial charge >= 0.3 is 5.97 Å². The van der Waals surface area contributed by atoms with Gasteiger partial charge in [-0.25, -0.2) is 8.78 Å². The van der Waals surface area contributed by atoms with Crippen LogP contribution in [0.5, 0.6) is 5.75 Å². The Kier molecular flexibility index (Phi) is 7.85. The summed E-state index contributed by atoms with van der Waals surface area (Å²) in [6.07, 6.45) is 8.00. The summed E-state index contributed by atoms with van der Waals surface area (Å²) in [6, 6.07) is 2.91. The fourth-order valence-electron chi connectivity index (χ4n) is 1.96. The third-order valence-corrected chi connectivity index (χ3v) is 3.10. The van der Waals surface area contributed by atoms with Gasteiger partial charge in [-0.2, -0.15) is 0 Å². The van der Waals surface area contributed by atoms with Gasteiger partial charge in [0.05, 0.1) is 0 Å². The van der Waals surface area contributed by atoms with Gasteiger partial charge in [0.25, 0.3) is 0 Å². The largest absolute Gasteiger partial charge is 0.423 e. The van der Waals surface area contributed by atoms with Gasteiger partial charge in [0.1, 0.15) is 5.82 Å². The van der Waals surface area contributed by atoms with Crippen LogP contribution in [-0.2, 0) is 4.79 Å². The smallest absolute Gasteiger partial charge is 0.311 e. The summed E-state index contributed by atoms with van der Waals surface area (Å²) < 4.78 is 30.8. The van der Waals surface area contributed by atoms with Crippen molar-refractivity contribution in [3.05, 3.63) is 29.8 Å². The van der Waals surface area contributed by atoms with Crippen LogP contribution in [0.3, 0.4) is 0 Å². The molecule has 0 aliphatic rings. The third-order valence-electron chi connectivity index (χ3n) is 3.10. The predicted octanol–water partition coefficient (Wildman–Crippen LogP) is 5.01. The number of benzene rings is 1. The lowest BCUT2D eigenvalue weighted by atomic mass is 10.1. The lowest BCUT2D eigenvalue weighted by Gasteiger charge is -2.05. The highest BCUT2D eigenvalue weighted by atomic mass is 19.1. The molecule has 112 valence electrons. The van der Waals surface area contributed by atoms with E-state index in [0.717, 1.165) is 31.4 Å². The monoisotopic (exact) mass is 284 g/mol. The normalized spacial score (nSPS) is 10.6. The van der Waals surface area contributed by atoms with Gasteiger partial charge in [0.2, 0.25) is 0 Å². The first-order valence-electron chi connectivity index (χ1n) is 7.29. The molecular formula is C16H22F2O2. The number of halogens is 2. The van der Waals surface area contributed by atoms with Crippen molar-refractivity contribution in [2.24, 2.45) is 0 Å². The summed E-state index contributed by atoms with van der Waals surface area (Å²) in [5.41, 5.74) is 0. The van der Waals surface area contributed by atoms with E-state index in [1.165, 1.54) is 25.7 Å². The Labute approximate surface area is 119 Å². The zero-order chi connectivity index (χ0) is 14.8. The van der Waals surface area contributed by atoms with Gasteiger partial charge in [-0.15, -0.1) is 0 Å². The van der Waals surface area contributed by atoms with Crippen molar-refractivity contribution in [3.63, 3.8) is 0 Å². The maximum Gasteiger partial charge on any atom is 0.311 e. The van der Waals surface area contributed by atoms with Crippen LogP contribution in [0.1, 0.15) is 58.3 Å². The van der Waals surface area contributed by atoms with Crippen molar-refractivity contribution in [2.75, 3.05) is 0 Å². The molecule has 0 heterocycles. The van der Waals surface area contributed by atoms with E-state index in [1.54, 1.807) is 0 Å². The topological polar surface area (TPSA) is 26.3 Å². The molecule has 4 heteroatoms. The van der Waals surface area contributed by atoms with Gasteiger partial charge in [-0.1, -0.05) is 45.4 Å².